The molecule has 6 rings (SSSR count). The van der Waals surface area contributed by atoms with Crippen LogP contribution < -0.4 is 0 Å². The summed E-state index contributed by atoms with van der Waals surface area (Å²) in [6.45, 7) is 13.5. The second kappa shape index (κ2) is 8.40. The number of hydrogen-bond donors (Lipinski definition) is 0. The Morgan fingerprint density at radius 3 is 2.63 bits per heavy atom. The molecule has 0 spiro atoms. The zero-order chi connectivity index (χ0) is 24.3. The van der Waals surface area contributed by atoms with Gasteiger partial charge in [0.1, 0.15) is 5.82 Å². The van der Waals surface area contributed by atoms with Crippen molar-refractivity contribution in [3.63, 3.8) is 0 Å². The van der Waals surface area contributed by atoms with E-state index in [9.17, 15) is 0 Å². The van der Waals surface area contributed by atoms with Crippen LogP contribution in [0.2, 0.25) is 0 Å². The highest BCUT2D eigenvalue weighted by Crippen LogP contribution is 2.46. The molecular formula is C32H38N3. The summed E-state index contributed by atoms with van der Waals surface area (Å²) in [6, 6.07) is 13.6. The first-order chi connectivity index (χ1) is 16.8. The van der Waals surface area contributed by atoms with Crippen molar-refractivity contribution in [2.45, 2.75) is 84.7 Å². The molecule has 2 heterocycles. The Labute approximate surface area is 210 Å². The standard InChI is InChI=1S/C32H38N3/c1-21-8-6-9-26(16-21)27-13-10-22(2)29(19-27)35-15-7-14-32(35,5)31-33-28-17-23(3)24(4)18-30(28)34(31)20-25-11-12-25/h6,8-10,16-18,25,27H,7,11-15,20H2,1-5H3/t27?,32-/m0/s1. The van der Waals surface area contributed by atoms with Crippen LogP contribution in [-0.4, -0.2) is 21.0 Å². The number of imidazole rings is 1. The van der Waals surface area contributed by atoms with Gasteiger partial charge >= 0.3 is 0 Å². The number of benzene rings is 2. The first-order valence-electron chi connectivity index (χ1n) is 13.5. The van der Waals surface area contributed by atoms with Crippen molar-refractivity contribution in [1.29, 1.82) is 0 Å². The van der Waals surface area contributed by atoms with E-state index >= 15 is 0 Å². The van der Waals surface area contributed by atoms with Crippen LogP contribution in [-0.2, 0) is 12.1 Å². The van der Waals surface area contributed by atoms with E-state index in [0.717, 1.165) is 37.4 Å². The zero-order valence-corrected chi connectivity index (χ0v) is 22.0. The van der Waals surface area contributed by atoms with Gasteiger partial charge in [-0.25, -0.2) is 4.98 Å². The fourth-order valence-corrected chi connectivity index (χ4v) is 6.21. The number of fused-ring (bicyclic) bond motifs is 1. The molecule has 3 aliphatic rings. The fraction of sp³-hybridized carbons (Fsp3) is 0.469. The summed E-state index contributed by atoms with van der Waals surface area (Å²) >= 11 is 0. The van der Waals surface area contributed by atoms with E-state index in [0.29, 0.717) is 5.92 Å². The van der Waals surface area contributed by atoms with Crippen molar-refractivity contribution in [1.82, 2.24) is 14.5 Å². The van der Waals surface area contributed by atoms with Crippen LogP contribution in [0.5, 0.6) is 0 Å². The van der Waals surface area contributed by atoms with E-state index in [1.165, 1.54) is 64.1 Å². The number of allylic oxidation sites excluding steroid dienone is 3. The Hall–Kier alpha value is -2.81. The largest absolute Gasteiger partial charge is 0.358 e. The van der Waals surface area contributed by atoms with Crippen molar-refractivity contribution in [3.8, 4) is 0 Å². The van der Waals surface area contributed by atoms with Gasteiger partial charge < -0.3 is 9.47 Å². The molecule has 2 atom stereocenters. The van der Waals surface area contributed by atoms with E-state index in [1.54, 1.807) is 0 Å². The van der Waals surface area contributed by atoms with Crippen LogP contribution in [0.3, 0.4) is 0 Å². The summed E-state index contributed by atoms with van der Waals surface area (Å²) in [7, 11) is 0. The van der Waals surface area contributed by atoms with Crippen molar-refractivity contribution in [3.05, 3.63) is 87.9 Å². The number of rotatable bonds is 5. The Kier molecular flexibility index (Phi) is 5.43. The third kappa shape index (κ3) is 3.93. The van der Waals surface area contributed by atoms with Crippen LogP contribution in [0, 0.1) is 32.8 Å². The normalized spacial score (nSPS) is 24.7. The van der Waals surface area contributed by atoms with Gasteiger partial charge in [0, 0.05) is 24.7 Å². The minimum absolute atomic E-state index is 0.123. The fourth-order valence-electron chi connectivity index (χ4n) is 6.21. The maximum absolute atomic E-state index is 5.37. The van der Waals surface area contributed by atoms with Crippen molar-refractivity contribution in [2.24, 2.45) is 5.92 Å². The summed E-state index contributed by atoms with van der Waals surface area (Å²) in [4.78, 5) is 8.01. The molecule has 1 unspecified atom stereocenters. The van der Waals surface area contributed by atoms with Gasteiger partial charge in [-0.1, -0.05) is 35.9 Å². The van der Waals surface area contributed by atoms with E-state index in [4.69, 9.17) is 4.98 Å². The van der Waals surface area contributed by atoms with Crippen molar-refractivity contribution in [2.75, 3.05) is 6.54 Å². The molecule has 1 saturated heterocycles. The molecule has 3 nitrogen and oxygen atoms in total. The number of hydrogen-bond acceptors (Lipinski definition) is 2. The molecule has 0 bridgehead atoms. The third-order valence-corrected chi connectivity index (χ3v) is 8.68. The van der Waals surface area contributed by atoms with Crippen molar-refractivity contribution >= 4 is 11.0 Å². The lowest BCUT2D eigenvalue weighted by molar-refractivity contribution is 0.189. The Morgan fingerprint density at radius 2 is 1.86 bits per heavy atom. The second-order valence-electron chi connectivity index (χ2n) is 11.5. The molecule has 2 fully saturated rings. The monoisotopic (exact) mass is 464 g/mol. The van der Waals surface area contributed by atoms with Gasteiger partial charge in [0.15, 0.2) is 0 Å². The molecule has 35 heavy (non-hydrogen) atoms. The van der Waals surface area contributed by atoms with Crippen LogP contribution in [0.15, 0.2) is 53.7 Å². The predicted molar refractivity (Wildman–Crippen MR) is 144 cm³/mol. The molecule has 1 radical (unpaired) electrons. The Morgan fingerprint density at radius 1 is 1.06 bits per heavy atom. The lowest BCUT2D eigenvalue weighted by Crippen LogP contribution is -2.41. The van der Waals surface area contributed by atoms with Gasteiger partial charge in [-0.05, 0) is 113 Å². The van der Waals surface area contributed by atoms with E-state index in [-0.39, 0.29) is 5.54 Å². The summed E-state index contributed by atoms with van der Waals surface area (Å²) < 4.78 is 2.58. The molecule has 1 aromatic heterocycles. The molecule has 2 aromatic carbocycles. The summed E-state index contributed by atoms with van der Waals surface area (Å²) in [6.07, 6.45) is 12.5. The number of aromatic nitrogens is 2. The molecule has 2 aliphatic carbocycles. The van der Waals surface area contributed by atoms with Crippen LogP contribution in [0.4, 0.5) is 0 Å². The molecule has 3 heteroatoms. The van der Waals surface area contributed by atoms with E-state index in [1.807, 2.05) is 0 Å². The van der Waals surface area contributed by atoms with Gasteiger partial charge in [0.05, 0.1) is 16.6 Å². The first kappa shape index (κ1) is 22.6. The zero-order valence-electron chi connectivity index (χ0n) is 22.0. The topological polar surface area (TPSA) is 21.1 Å². The lowest BCUT2D eigenvalue weighted by atomic mass is 9.86. The Balaban J connectivity index is 1.45. The molecular weight excluding hydrogens is 426 g/mol. The Bertz CT molecular complexity index is 1350. The van der Waals surface area contributed by atoms with Gasteiger partial charge in [-0.15, -0.1) is 0 Å². The predicted octanol–water partition coefficient (Wildman–Crippen LogP) is 7.50. The van der Waals surface area contributed by atoms with Gasteiger partial charge in [-0.2, -0.15) is 0 Å². The lowest BCUT2D eigenvalue weighted by Gasteiger charge is -2.40. The highest BCUT2D eigenvalue weighted by Gasteiger charge is 2.44. The highest BCUT2D eigenvalue weighted by atomic mass is 15.3. The molecule has 0 N–H and O–H groups in total. The van der Waals surface area contributed by atoms with E-state index < -0.39 is 0 Å². The number of likely N-dealkylation sites (tertiary alicyclic amines) is 1. The smallest absolute Gasteiger partial charge is 0.135 e. The van der Waals surface area contributed by atoms with Crippen LogP contribution in [0.25, 0.3) is 11.0 Å². The molecule has 181 valence electrons. The molecule has 0 amide bonds. The maximum Gasteiger partial charge on any atom is 0.135 e. The second-order valence-corrected chi connectivity index (χ2v) is 11.5. The average molecular weight is 465 g/mol. The SMILES string of the molecule is CC1=CCC(c2cccc(C)c2)[C]=C1N1CCC[C@@]1(C)c1nc2cc(C)c(C)cc2n1CC1CC1. The summed E-state index contributed by atoms with van der Waals surface area (Å²) in [5, 5.41) is 0. The molecule has 3 aromatic rings. The molecule has 1 aliphatic heterocycles. The van der Waals surface area contributed by atoms with Crippen LogP contribution >= 0.6 is 0 Å². The van der Waals surface area contributed by atoms with Gasteiger partial charge in [-0.3, -0.25) is 0 Å². The number of aryl methyl sites for hydroxylation is 3. The van der Waals surface area contributed by atoms with Gasteiger partial charge in [0.2, 0.25) is 0 Å². The maximum atomic E-state index is 5.37. The minimum Gasteiger partial charge on any atom is -0.358 e. The minimum atomic E-state index is -0.123. The molecule has 1 saturated carbocycles. The quantitative estimate of drug-likeness (QED) is 0.390. The summed E-state index contributed by atoms with van der Waals surface area (Å²) in [5.41, 5.74) is 10.4. The van der Waals surface area contributed by atoms with Crippen molar-refractivity contribution < 1.29 is 0 Å². The van der Waals surface area contributed by atoms with E-state index in [2.05, 4.69) is 92.6 Å². The highest BCUT2D eigenvalue weighted by molar-refractivity contribution is 5.78. The summed E-state index contributed by atoms with van der Waals surface area (Å²) in [5.74, 6) is 2.37. The third-order valence-electron chi connectivity index (χ3n) is 8.68. The average Bonchev–Trinajstić information content (AvgIpc) is 3.48. The van der Waals surface area contributed by atoms with Gasteiger partial charge in [0.25, 0.3) is 0 Å². The number of nitrogens with zero attached hydrogens (tertiary/aromatic N) is 3. The van der Waals surface area contributed by atoms with Crippen LogP contribution in [0.1, 0.15) is 79.9 Å². The first-order valence-corrected chi connectivity index (χ1v) is 13.5.